The Morgan fingerprint density at radius 1 is 1.12 bits per heavy atom. The highest BCUT2D eigenvalue weighted by Gasteiger charge is 3.02. The maximum Gasteiger partial charge on any atom is 0.129 e. The van der Waals surface area contributed by atoms with Crippen LogP contribution in [0.5, 0.6) is 0 Å². The number of hydroxylamine groups is 2. The molecule has 6 fully saturated rings. The summed E-state index contributed by atoms with van der Waals surface area (Å²) in [6, 6.07) is 0.355. The Morgan fingerprint density at radius 2 is 1.88 bits per heavy atom. The van der Waals surface area contributed by atoms with Gasteiger partial charge in [0.05, 0.1) is 5.92 Å². The van der Waals surface area contributed by atoms with E-state index in [0.29, 0.717) is 22.8 Å². The predicted molar refractivity (Wildman–Crippen MR) is 54.9 cm³/mol. The van der Waals surface area contributed by atoms with Gasteiger partial charge in [-0.3, -0.25) is 0 Å². The second kappa shape index (κ2) is 1.90. The smallest absolute Gasteiger partial charge is 0.129 e. The molecule has 9 unspecified atom stereocenters. The third-order valence-corrected chi connectivity index (χ3v) is 7.71. The molecule has 1 heterocycles. The molecule has 0 aromatic carbocycles. The highest BCUT2D eigenvalue weighted by atomic mass is 16.9. The van der Waals surface area contributed by atoms with Crippen molar-refractivity contribution >= 4 is 0 Å². The molecule has 1 aliphatic heterocycles. The zero-order valence-corrected chi connectivity index (χ0v) is 9.32. The molecule has 3 heteroatoms. The minimum Gasteiger partial charge on any atom is -0.600 e. The highest BCUT2D eigenvalue weighted by molar-refractivity contribution is 5.45. The van der Waals surface area contributed by atoms with Crippen molar-refractivity contribution in [3.8, 4) is 0 Å². The molecule has 6 rings (SSSR count). The average molecular weight is 219 g/mol. The zero-order valence-electron chi connectivity index (χ0n) is 9.32. The van der Waals surface area contributed by atoms with Crippen molar-refractivity contribution in [1.29, 1.82) is 0 Å². The Kier molecular flexibility index (Phi) is 0.956. The standard InChI is InChI=1S/C13H17NO2/c15-14-11-8(4-16-14)12-5-13(11,12)10-7-2-1-6(3-7)9(10)12/h6-11,14H,1-5H2. The lowest BCUT2D eigenvalue weighted by atomic mass is 9.38. The largest absolute Gasteiger partial charge is 0.600 e. The second-order valence-electron chi connectivity index (χ2n) is 7.36. The third kappa shape index (κ3) is 0.458. The molecular formula is C13H17NO2. The van der Waals surface area contributed by atoms with Gasteiger partial charge in [-0.05, 0) is 54.8 Å². The second-order valence-corrected chi connectivity index (χ2v) is 7.36. The molecule has 1 saturated heterocycles. The summed E-state index contributed by atoms with van der Waals surface area (Å²) in [5.74, 6) is 4.68. The van der Waals surface area contributed by atoms with E-state index in [-0.39, 0.29) is 5.23 Å². The van der Waals surface area contributed by atoms with Crippen LogP contribution in [0.15, 0.2) is 0 Å². The topological polar surface area (TPSA) is 36.7 Å². The Hall–Kier alpha value is -0.120. The lowest BCUT2D eigenvalue weighted by Gasteiger charge is -2.65. The van der Waals surface area contributed by atoms with E-state index in [9.17, 15) is 5.21 Å². The first-order valence-corrected chi connectivity index (χ1v) is 6.97. The molecule has 0 aromatic heterocycles. The quantitative estimate of drug-likeness (QED) is 0.597. The maximum atomic E-state index is 11.8. The summed E-state index contributed by atoms with van der Waals surface area (Å²) >= 11 is 0. The molecule has 6 aliphatic rings. The van der Waals surface area contributed by atoms with Crippen molar-refractivity contribution in [1.82, 2.24) is 0 Å². The van der Waals surface area contributed by atoms with Gasteiger partial charge in [-0.15, -0.1) is 0 Å². The lowest BCUT2D eigenvalue weighted by Crippen LogP contribution is -3.12. The van der Waals surface area contributed by atoms with Crippen LogP contribution in [0.1, 0.15) is 25.7 Å². The summed E-state index contributed by atoms with van der Waals surface area (Å²) in [5, 5.41) is 12.0. The molecule has 1 N–H and O–H groups in total. The SMILES string of the molecule is [O-][NH+]1OCC2C1C13CC21C1C2CCC(C2)C13. The molecule has 0 amide bonds. The number of fused-ring (bicyclic) bond motifs is 6. The fraction of sp³-hybridized carbons (Fsp3) is 1.00. The summed E-state index contributed by atoms with van der Waals surface area (Å²) in [7, 11) is 0. The van der Waals surface area contributed by atoms with E-state index < -0.39 is 0 Å². The minimum atomic E-state index is 0.166. The van der Waals surface area contributed by atoms with Crippen molar-refractivity contribution in [3.63, 3.8) is 0 Å². The van der Waals surface area contributed by atoms with E-state index in [4.69, 9.17) is 4.84 Å². The van der Waals surface area contributed by atoms with Crippen molar-refractivity contribution in [2.45, 2.75) is 31.7 Å². The van der Waals surface area contributed by atoms with E-state index in [1.54, 1.807) is 0 Å². The van der Waals surface area contributed by atoms with E-state index in [0.717, 1.165) is 30.3 Å². The van der Waals surface area contributed by atoms with Gasteiger partial charge < -0.3 is 5.21 Å². The van der Waals surface area contributed by atoms with E-state index >= 15 is 0 Å². The van der Waals surface area contributed by atoms with Crippen LogP contribution in [-0.4, -0.2) is 12.6 Å². The van der Waals surface area contributed by atoms with Gasteiger partial charge in [0.15, 0.2) is 0 Å². The zero-order chi connectivity index (χ0) is 10.3. The molecule has 3 nitrogen and oxygen atoms in total. The van der Waals surface area contributed by atoms with Crippen molar-refractivity contribution in [2.75, 3.05) is 6.61 Å². The summed E-state index contributed by atoms with van der Waals surface area (Å²) in [5.41, 5.74) is 1.16. The normalized spacial score (nSPS) is 80.4. The average Bonchev–Trinajstić information content (AvgIpc) is 2.81. The summed E-state index contributed by atoms with van der Waals surface area (Å²) in [6.45, 7) is 0.770. The Morgan fingerprint density at radius 3 is 2.69 bits per heavy atom. The van der Waals surface area contributed by atoms with E-state index in [2.05, 4.69) is 0 Å². The maximum absolute atomic E-state index is 11.8. The van der Waals surface area contributed by atoms with Crippen molar-refractivity contribution < 1.29 is 10.1 Å². The fourth-order valence-electron chi connectivity index (χ4n) is 7.75. The number of nitrogens with one attached hydrogen (secondary N) is 1. The molecule has 86 valence electrons. The van der Waals surface area contributed by atoms with Crippen LogP contribution in [0.25, 0.3) is 0 Å². The molecule has 16 heavy (non-hydrogen) atoms. The minimum absolute atomic E-state index is 0.166. The first-order valence-electron chi connectivity index (χ1n) is 6.97. The van der Waals surface area contributed by atoms with Gasteiger partial charge in [-0.1, -0.05) is 0 Å². The van der Waals surface area contributed by atoms with Crippen molar-refractivity contribution in [2.24, 2.45) is 40.4 Å². The molecule has 0 spiro atoms. The summed E-state index contributed by atoms with van der Waals surface area (Å²) < 4.78 is 0. The first kappa shape index (κ1) is 8.06. The van der Waals surface area contributed by atoms with Crippen LogP contribution in [0.4, 0.5) is 0 Å². The Bertz CT molecular complexity index is 426. The summed E-state index contributed by atoms with van der Waals surface area (Å²) in [6.07, 6.45) is 5.88. The lowest BCUT2D eigenvalue weighted by molar-refractivity contribution is -1.06. The van der Waals surface area contributed by atoms with Gasteiger partial charge in [0.1, 0.15) is 12.6 Å². The monoisotopic (exact) mass is 219 g/mol. The van der Waals surface area contributed by atoms with Crippen LogP contribution in [-0.2, 0) is 4.84 Å². The molecule has 0 radical (unpaired) electrons. The van der Waals surface area contributed by atoms with Crippen LogP contribution in [0.2, 0.25) is 0 Å². The van der Waals surface area contributed by atoms with Crippen LogP contribution in [0, 0.1) is 45.6 Å². The van der Waals surface area contributed by atoms with Crippen LogP contribution >= 0.6 is 0 Å². The molecular weight excluding hydrogens is 202 g/mol. The number of hydrogen-bond acceptors (Lipinski definition) is 2. The highest BCUT2D eigenvalue weighted by Crippen LogP contribution is 2.99. The van der Waals surface area contributed by atoms with E-state index in [1.807, 2.05) is 0 Å². The summed E-state index contributed by atoms with van der Waals surface area (Å²) in [4.78, 5) is 5.33. The van der Waals surface area contributed by atoms with Gasteiger partial charge in [0.25, 0.3) is 0 Å². The van der Waals surface area contributed by atoms with Crippen LogP contribution < -0.4 is 5.23 Å². The Balaban J connectivity index is 1.51. The van der Waals surface area contributed by atoms with Crippen LogP contribution in [0.3, 0.4) is 0 Å². The fourth-order valence-corrected chi connectivity index (χ4v) is 7.75. The number of rotatable bonds is 0. The molecule has 5 aliphatic carbocycles. The Labute approximate surface area is 94.7 Å². The number of quaternary nitrogens is 1. The molecule has 5 saturated carbocycles. The predicted octanol–water partition coefficient (Wildman–Crippen LogP) is 0.365. The molecule has 0 aromatic rings. The first-order chi connectivity index (χ1) is 7.81. The van der Waals surface area contributed by atoms with Gasteiger partial charge >= 0.3 is 0 Å². The van der Waals surface area contributed by atoms with Gasteiger partial charge in [-0.25, -0.2) is 10.1 Å². The van der Waals surface area contributed by atoms with E-state index in [1.165, 1.54) is 25.7 Å². The molecule has 9 atom stereocenters. The third-order valence-electron chi connectivity index (χ3n) is 7.71. The van der Waals surface area contributed by atoms with Gasteiger partial charge in [0, 0.05) is 5.41 Å². The number of hydrogen-bond donors (Lipinski definition) is 1. The molecule has 2 bridgehead atoms. The van der Waals surface area contributed by atoms with Crippen molar-refractivity contribution in [3.05, 3.63) is 5.21 Å². The van der Waals surface area contributed by atoms with Gasteiger partial charge in [0.2, 0.25) is 0 Å². The van der Waals surface area contributed by atoms with Gasteiger partial charge in [-0.2, -0.15) is 0 Å².